The number of alkyl halides is 1. The lowest BCUT2D eigenvalue weighted by Gasteiger charge is -2.36. The summed E-state index contributed by atoms with van der Waals surface area (Å²) in [4.78, 5) is 13.7. The molecule has 38 heavy (non-hydrogen) atoms. The van der Waals surface area contributed by atoms with Crippen molar-refractivity contribution in [2.45, 2.75) is 58.7 Å². The maximum absolute atomic E-state index is 13.9. The molecule has 0 unspecified atom stereocenters. The number of amidine groups is 1. The zero-order chi connectivity index (χ0) is 27.4. The van der Waals surface area contributed by atoms with Gasteiger partial charge in [0.15, 0.2) is 5.82 Å². The Labute approximate surface area is 224 Å². The van der Waals surface area contributed by atoms with Crippen molar-refractivity contribution < 1.29 is 4.39 Å². The maximum Gasteiger partial charge on any atom is 0.154 e. The molecule has 0 amide bonds. The lowest BCUT2D eigenvalue weighted by atomic mass is 9.79. The lowest BCUT2D eigenvalue weighted by molar-refractivity contribution is 0.0653. The van der Waals surface area contributed by atoms with E-state index in [0.29, 0.717) is 35.8 Å². The number of nitrogens with one attached hydrogen (secondary N) is 2. The van der Waals surface area contributed by atoms with Crippen molar-refractivity contribution in [3.8, 4) is 0 Å². The number of aromatic nitrogens is 2. The molecule has 0 aliphatic heterocycles. The van der Waals surface area contributed by atoms with Crippen molar-refractivity contribution in [1.82, 2.24) is 14.9 Å². The fraction of sp³-hybridized carbons (Fsp3) is 0.323. The maximum atomic E-state index is 13.9. The Hall–Kier alpha value is -4.00. The number of anilines is 1. The molecule has 198 valence electrons. The molecule has 1 aliphatic rings. The fourth-order valence-corrected chi connectivity index (χ4v) is 4.80. The minimum Gasteiger partial charge on any atom is -0.341 e. The number of hydrogen-bond acceptors (Lipinski definition) is 4. The quantitative estimate of drug-likeness (QED) is 0.189. The summed E-state index contributed by atoms with van der Waals surface area (Å²) in [6.07, 6.45) is 6.94. The first kappa shape index (κ1) is 27.0. The summed E-state index contributed by atoms with van der Waals surface area (Å²) in [6, 6.07) is 12.7. The summed E-state index contributed by atoms with van der Waals surface area (Å²) >= 11 is 0. The average molecular weight is 513 g/mol. The van der Waals surface area contributed by atoms with Gasteiger partial charge in [0, 0.05) is 31.8 Å². The van der Waals surface area contributed by atoms with Gasteiger partial charge in [-0.15, -0.1) is 0 Å². The second-order valence-corrected chi connectivity index (χ2v) is 10.3. The zero-order valence-electron chi connectivity index (χ0n) is 23.0. The van der Waals surface area contributed by atoms with Crippen LogP contribution in [0.1, 0.15) is 50.3 Å². The number of fused-ring (bicyclic) bond motifs is 1. The van der Waals surface area contributed by atoms with Crippen LogP contribution in [0.25, 0.3) is 11.0 Å². The monoisotopic (exact) mass is 512 g/mol. The van der Waals surface area contributed by atoms with Crippen molar-refractivity contribution in [1.29, 1.82) is 0 Å². The van der Waals surface area contributed by atoms with E-state index in [1.54, 1.807) is 19.2 Å². The minimum absolute atomic E-state index is 0.0181. The van der Waals surface area contributed by atoms with Crippen LogP contribution >= 0.6 is 0 Å². The molecule has 1 fully saturated rings. The van der Waals surface area contributed by atoms with E-state index in [1.807, 2.05) is 31.8 Å². The molecule has 0 saturated heterocycles. The molecular formula is C31H37FN6. The Bertz CT molecular complexity index is 1450. The van der Waals surface area contributed by atoms with Crippen LogP contribution in [0.5, 0.6) is 0 Å². The van der Waals surface area contributed by atoms with Crippen molar-refractivity contribution >= 4 is 28.8 Å². The average Bonchev–Trinajstić information content (AvgIpc) is 3.22. The number of halogens is 1. The second kappa shape index (κ2) is 11.2. The summed E-state index contributed by atoms with van der Waals surface area (Å²) in [5, 5.41) is 6.76. The van der Waals surface area contributed by atoms with Gasteiger partial charge in [-0.25, -0.2) is 14.4 Å². The van der Waals surface area contributed by atoms with E-state index in [1.165, 1.54) is 16.7 Å². The summed E-state index contributed by atoms with van der Waals surface area (Å²) in [5.74, 6) is 1.29. The Balaban J connectivity index is 1.55. The van der Waals surface area contributed by atoms with Crippen molar-refractivity contribution in [3.05, 3.63) is 95.7 Å². The number of benzene rings is 2. The minimum atomic E-state index is -1.12. The molecule has 6 nitrogen and oxygen atoms in total. The van der Waals surface area contributed by atoms with Crippen LogP contribution in [0.4, 0.5) is 10.1 Å². The molecule has 1 saturated carbocycles. The lowest BCUT2D eigenvalue weighted by Crippen LogP contribution is -2.41. The standard InChI is InChI=1S/C31H37FN6/c1-8-20(3)29(36-22(5)35-26-17-31(6,32)18-26)30(33-9-2)37-25-12-11-24(21(4)14-25)15-23-10-13-28-27(16-23)34-19-38(28)7/h8-14,16,19,26,37H,1,3,15,17-18H2,2,4-7H3,(H,35,36)/b30-29-,33-9-. The second-order valence-electron chi connectivity index (χ2n) is 10.3. The van der Waals surface area contributed by atoms with Gasteiger partial charge in [0.2, 0.25) is 0 Å². The normalized spacial score (nSPS) is 20.3. The number of hydrogen-bond donors (Lipinski definition) is 2. The van der Waals surface area contributed by atoms with Crippen LogP contribution in [0.2, 0.25) is 0 Å². The van der Waals surface area contributed by atoms with E-state index in [4.69, 9.17) is 0 Å². The largest absolute Gasteiger partial charge is 0.341 e. The number of allylic oxidation sites excluding steroid dienone is 1. The molecule has 2 N–H and O–H groups in total. The third-order valence-corrected chi connectivity index (χ3v) is 6.86. The highest BCUT2D eigenvalue weighted by Crippen LogP contribution is 2.37. The SMILES string of the molecule is C=CC(=C)/C(NC(C)=NC1CC(C)(F)C1)=C(\N=C/C)Nc1ccc(Cc2ccc3c(c2)ncn3C)c(C)c1. The van der Waals surface area contributed by atoms with Crippen LogP contribution < -0.4 is 10.6 Å². The fourth-order valence-electron chi connectivity index (χ4n) is 4.80. The van der Waals surface area contributed by atoms with Gasteiger partial charge >= 0.3 is 0 Å². The number of nitrogens with zero attached hydrogens (tertiary/aromatic N) is 4. The first-order valence-electron chi connectivity index (χ1n) is 12.9. The summed E-state index contributed by atoms with van der Waals surface area (Å²) in [6.45, 7) is 15.5. The van der Waals surface area contributed by atoms with Crippen molar-refractivity contribution in [2.24, 2.45) is 17.0 Å². The summed E-state index contributed by atoms with van der Waals surface area (Å²) in [7, 11) is 2.00. The number of aryl methyl sites for hydroxylation is 2. The predicted octanol–water partition coefficient (Wildman–Crippen LogP) is 6.79. The zero-order valence-corrected chi connectivity index (χ0v) is 23.0. The van der Waals surface area contributed by atoms with Gasteiger partial charge in [0.05, 0.1) is 34.9 Å². The van der Waals surface area contributed by atoms with E-state index in [-0.39, 0.29) is 6.04 Å². The van der Waals surface area contributed by atoms with E-state index >= 15 is 0 Å². The van der Waals surface area contributed by atoms with Gasteiger partial charge < -0.3 is 15.2 Å². The van der Waals surface area contributed by atoms with Gasteiger partial charge in [0.25, 0.3) is 0 Å². The van der Waals surface area contributed by atoms with Crippen molar-refractivity contribution in [2.75, 3.05) is 5.32 Å². The Morgan fingerprint density at radius 3 is 2.68 bits per heavy atom. The molecule has 3 aromatic rings. The molecule has 1 aliphatic carbocycles. The molecule has 2 aromatic carbocycles. The van der Waals surface area contributed by atoms with Crippen LogP contribution in [-0.4, -0.2) is 33.3 Å². The van der Waals surface area contributed by atoms with Crippen LogP contribution in [0.3, 0.4) is 0 Å². The highest BCUT2D eigenvalue weighted by atomic mass is 19.1. The highest BCUT2D eigenvalue weighted by molar-refractivity contribution is 5.83. The third kappa shape index (κ3) is 6.28. The molecule has 0 radical (unpaired) electrons. The Morgan fingerprint density at radius 2 is 2.03 bits per heavy atom. The van der Waals surface area contributed by atoms with Crippen LogP contribution in [0.15, 0.2) is 89.0 Å². The van der Waals surface area contributed by atoms with Gasteiger partial charge in [0.1, 0.15) is 5.67 Å². The molecule has 7 heteroatoms. The molecule has 1 aromatic heterocycles. The van der Waals surface area contributed by atoms with Gasteiger partial charge in [-0.2, -0.15) is 0 Å². The highest BCUT2D eigenvalue weighted by Gasteiger charge is 2.40. The van der Waals surface area contributed by atoms with E-state index in [2.05, 4.69) is 82.1 Å². The molecule has 0 atom stereocenters. The smallest absolute Gasteiger partial charge is 0.154 e. The van der Waals surface area contributed by atoms with Gasteiger partial charge in [-0.3, -0.25) is 4.99 Å². The number of imidazole rings is 1. The first-order valence-corrected chi connectivity index (χ1v) is 12.9. The number of rotatable bonds is 9. The molecule has 0 bridgehead atoms. The van der Waals surface area contributed by atoms with Gasteiger partial charge in [-0.1, -0.05) is 31.4 Å². The van der Waals surface area contributed by atoms with E-state index < -0.39 is 5.67 Å². The molecule has 4 rings (SSSR count). The summed E-state index contributed by atoms with van der Waals surface area (Å²) in [5.41, 5.74) is 6.90. The van der Waals surface area contributed by atoms with Gasteiger partial charge in [-0.05, 0) is 80.6 Å². The molecule has 0 spiro atoms. The first-order chi connectivity index (χ1) is 18.1. The molecular weight excluding hydrogens is 475 g/mol. The van der Waals surface area contributed by atoms with Crippen LogP contribution in [0, 0.1) is 6.92 Å². The Morgan fingerprint density at radius 1 is 1.26 bits per heavy atom. The van der Waals surface area contributed by atoms with Crippen molar-refractivity contribution in [3.63, 3.8) is 0 Å². The van der Waals surface area contributed by atoms with Crippen LogP contribution in [-0.2, 0) is 13.5 Å². The Kier molecular flexibility index (Phi) is 7.95. The van der Waals surface area contributed by atoms with E-state index in [9.17, 15) is 4.39 Å². The number of aliphatic imine (C=N–C) groups is 2. The topological polar surface area (TPSA) is 66.6 Å². The predicted molar refractivity (Wildman–Crippen MR) is 158 cm³/mol. The van der Waals surface area contributed by atoms with E-state index in [0.717, 1.165) is 23.1 Å². The molecule has 1 heterocycles. The summed E-state index contributed by atoms with van der Waals surface area (Å²) < 4.78 is 15.9. The third-order valence-electron chi connectivity index (χ3n) is 6.86.